The molecule has 0 radical (unpaired) electrons. The lowest BCUT2D eigenvalue weighted by Gasteiger charge is -2.03. The number of carboxylic acids is 1. The Morgan fingerprint density at radius 1 is 1.15 bits per heavy atom. The van der Waals surface area contributed by atoms with E-state index in [1.807, 2.05) is 32.0 Å². The predicted molar refractivity (Wildman–Crippen MR) is 75.7 cm³/mol. The molecule has 1 aromatic carbocycles. The zero-order valence-corrected chi connectivity index (χ0v) is 11.4. The standard InChI is InChI=1S/C15H15N3O2/c1-10-5-14(9-16-8-10)18-17-13-4-3-11(2)12(6-13)7-15(19)20/h3-6,8-9H,7H2,1-2H3,(H,19,20). The Labute approximate surface area is 117 Å². The van der Waals surface area contributed by atoms with Crippen LogP contribution in [0.25, 0.3) is 0 Å². The monoisotopic (exact) mass is 269 g/mol. The summed E-state index contributed by atoms with van der Waals surface area (Å²) in [5, 5.41) is 17.1. The lowest BCUT2D eigenvalue weighted by Crippen LogP contribution is -2.01. The second-order valence-electron chi connectivity index (χ2n) is 4.60. The molecule has 5 heteroatoms. The van der Waals surface area contributed by atoms with Crippen LogP contribution in [0.2, 0.25) is 0 Å². The maximum atomic E-state index is 10.8. The van der Waals surface area contributed by atoms with Gasteiger partial charge in [0.25, 0.3) is 0 Å². The fraction of sp³-hybridized carbons (Fsp3) is 0.200. The molecule has 0 aliphatic heterocycles. The summed E-state index contributed by atoms with van der Waals surface area (Å²) < 4.78 is 0. The highest BCUT2D eigenvalue weighted by Crippen LogP contribution is 2.21. The number of rotatable bonds is 4. The summed E-state index contributed by atoms with van der Waals surface area (Å²) in [5.41, 5.74) is 4.00. The first kappa shape index (κ1) is 13.9. The number of azo groups is 1. The number of carbonyl (C=O) groups is 1. The Kier molecular flexibility index (Phi) is 4.20. The highest BCUT2D eigenvalue weighted by Gasteiger charge is 2.05. The molecule has 0 spiro atoms. The van der Waals surface area contributed by atoms with Crippen molar-refractivity contribution >= 4 is 17.3 Å². The SMILES string of the molecule is Cc1cncc(N=Nc2ccc(C)c(CC(=O)O)c2)c1. The van der Waals surface area contributed by atoms with Gasteiger partial charge in [-0.05, 0) is 48.7 Å². The maximum absolute atomic E-state index is 10.8. The van der Waals surface area contributed by atoms with Gasteiger partial charge in [-0.25, -0.2) is 0 Å². The van der Waals surface area contributed by atoms with Crippen molar-refractivity contribution in [1.82, 2.24) is 4.98 Å². The van der Waals surface area contributed by atoms with E-state index in [9.17, 15) is 4.79 Å². The average molecular weight is 269 g/mol. The van der Waals surface area contributed by atoms with Crippen LogP contribution in [0.4, 0.5) is 11.4 Å². The summed E-state index contributed by atoms with van der Waals surface area (Å²) in [6.07, 6.45) is 3.36. The molecular weight excluding hydrogens is 254 g/mol. The molecule has 2 aromatic rings. The minimum atomic E-state index is -0.856. The molecule has 20 heavy (non-hydrogen) atoms. The van der Waals surface area contributed by atoms with E-state index in [1.54, 1.807) is 18.5 Å². The lowest BCUT2D eigenvalue weighted by atomic mass is 10.1. The average Bonchev–Trinajstić information content (AvgIpc) is 2.39. The molecule has 102 valence electrons. The van der Waals surface area contributed by atoms with Crippen molar-refractivity contribution in [2.24, 2.45) is 10.2 Å². The molecule has 1 heterocycles. The summed E-state index contributed by atoms with van der Waals surface area (Å²) in [5.74, 6) is -0.856. The zero-order chi connectivity index (χ0) is 14.5. The normalized spacial score (nSPS) is 10.9. The Morgan fingerprint density at radius 3 is 2.60 bits per heavy atom. The van der Waals surface area contributed by atoms with Gasteiger partial charge in [-0.15, -0.1) is 5.11 Å². The van der Waals surface area contributed by atoms with Crippen molar-refractivity contribution in [1.29, 1.82) is 0 Å². The second-order valence-corrected chi connectivity index (χ2v) is 4.60. The van der Waals surface area contributed by atoms with Gasteiger partial charge in [-0.2, -0.15) is 5.11 Å². The van der Waals surface area contributed by atoms with E-state index in [-0.39, 0.29) is 6.42 Å². The number of aliphatic carboxylic acids is 1. The highest BCUT2D eigenvalue weighted by atomic mass is 16.4. The fourth-order valence-corrected chi connectivity index (χ4v) is 1.78. The second kappa shape index (κ2) is 6.06. The van der Waals surface area contributed by atoms with Crippen LogP contribution in [-0.4, -0.2) is 16.1 Å². The van der Waals surface area contributed by atoms with Crippen LogP contribution in [0, 0.1) is 13.8 Å². The summed E-state index contributed by atoms with van der Waals surface area (Å²) in [7, 11) is 0. The molecule has 1 aromatic heterocycles. The highest BCUT2D eigenvalue weighted by molar-refractivity contribution is 5.71. The minimum absolute atomic E-state index is 0.0127. The quantitative estimate of drug-likeness (QED) is 0.859. The molecule has 0 aliphatic carbocycles. The molecule has 0 saturated carbocycles. The van der Waals surface area contributed by atoms with E-state index in [0.717, 1.165) is 16.7 Å². The number of hydrogen-bond acceptors (Lipinski definition) is 4. The minimum Gasteiger partial charge on any atom is -0.481 e. The number of aryl methyl sites for hydroxylation is 2. The molecule has 2 rings (SSSR count). The molecule has 0 unspecified atom stereocenters. The Morgan fingerprint density at radius 2 is 1.90 bits per heavy atom. The van der Waals surface area contributed by atoms with Gasteiger partial charge in [0.1, 0.15) is 5.69 Å². The van der Waals surface area contributed by atoms with Crippen molar-refractivity contribution in [3.8, 4) is 0 Å². The van der Waals surface area contributed by atoms with E-state index in [1.165, 1.54) is 0 Å². The van der Waals surface area contributed by atoms with Crippen LogP contribution in [0.5, 0.6) is 0 Å². The molecule has 0 aliphatic rings. The number of carboxylic acid groups (broad SMARTS) is 1. The zero-order valence-electron chi connectivity index (χ0n) is 11.4. The summed E-state index contributed by atoms with van der Waals surface area (Å²) in [4.78, 5) is 14.8. The van der Waals surface area contributed by atoms with E-state index in [0.29, 0.717) is 11.4 Å². The predicted octanol–water partition coefficient (Wildman–Crippen LogP) is 3.74. The van der Waals surface area contributed by atoms with Gasteiger partial charge in [-0.3, -0.25) is 9.78 Å². The molecule has 0 amide bonds. The number of benzene rings is 1. The molecule has 0 saturated heterocycles. The fourth-order valence-electron chi connectivity index (χ4n) is 1.78. The van der Waals surface area contributed by atoms with Crippen molar-refractivity contribution < 1.29 is 9.90 Å². The van der Waals surface area contributed by atoms with Gasteiger partial charge >= 0.3 is 5.97 Å². The third-order valence-electron chi connectivity index (χ3n) is 2.82. The van der Waals surface area contributed by atoms with Crippen LogP contribution in [0.15, 0.2) is 46.9 Å². The number of hydrogen-bond donors (Lipinski definition) is 1. The first-order valence-corrected chi connectivity index (χ1v) is 6.19. The largest absolute Gasteiger partial charge is 0.481 e. The lowest BCUT2D eigenvalue weighted by molar-refractivity contribution is -0.136. The van der Waals surface area contributed by atoms with Gasteiger partial charge in [0, 0.05) is 6.20 Å². The van der Waals surface area contributed by atoms with E-state index >= 15 is 0 Å². The van der Waals surface area contributed by atoms with Gasteiger partial charge in [0.15, 0.2) is 0 Å². The number of aromatic nitrogens is 1. The van der Waals surface area contributed by atoms with Crippen LogP contribution >= 0.6 is 0 Å². The topological polar surface area (TPSA) is 74.9 Å². The van der Waals surface area contributed by atoms with E-state index in [4.69, 9.17) is 5.11 Å². The Hall–Kier alpha value is -2.56. The van der Waals surface area contributed by atoms with Crippen LogP contribution in [-0.2, 0) is 11.2 Å². The molecule has 0 fully saturated rings. The van der Waals surface area contributed by atoms with E-state index < -0.39 is 5.97 Å². The number of pyridine rings is 1. The van der Waals surface area contributed by atoms with Gasteiger partial charge in [0.2, 0.25) is 0 Å². The molecule has 5 nitrogen and oxygen atoms in total. The molecule has 1 N–H and O–H groups in total. The third kappa shape index (κ3) is 3.71. The van der Waals surface area contributed by atoms with Crippen LogP contribution < -0.4 is 0 Å². The van der Waals surface area contributed by atoms with Gasteiger partial charge < -0.3 is 5.11 Å². The molecular formula is C15H15N3O2. The Bertz CT molecular complexity index is 666. The van der Waals surface area contributed by atoms with E-state index in [2.05, 4.69) is 15.2 Å². The van der Waals surface area contributed by atoms with Crippen molar-refractivity contribution in [3.63, 3.8) is 0 Å². The first-order valence-electron chi connectivity index (χ1n) is 6.19. The Balaban J connectivity index is 2.23. The summed E-state index contributed by atoms with van der Waals surface area (Å²) in [6.45, 7) is 3.81. The van der Waals surface area contributed by atoms with Crippen LogP contribution in [0.3, 0.4) is 0 Å². The van der Waals surface area contributed by atoms with Gasteiger partial charge in [-0.1, -0.05) is 6.07 Å². The van der Waals surface area contributed by atoms with Crippen molar-refractivity contribution in [2.75, 3.05) is 0 Å². The summed E-state index contributed by atoms with van der Waals surface area (Å²) >= 11 is 0. The van der Waals surface area contributed by atoms with Crippen molar-refractivity contribution in [3.05, 3.63) is 53.3 Å². The van der Waals surface area contributed by atoms with Gasteiger partial charge in [0.05, 0.1) is 18.3 Å². The molecule has 0 atom stereocenters. The molecule has 0 bridgehead atoms. The van der Waals surface area contributed by atoms with Crippen LogP contribution in [0.1, 0.15) is 16.7 Å². The summed E-state index contributed by atoms with van der Waals surface area (Å²) in [6, 6.07) is 7.29. The maximum Gasteiger partial charge on any atom is 0.307 e. The first-order chi connectivity index (χ1) is 9.54. The smallest absolute Gasteiger partial charge is 0.307 e. The number of nitrogens with zero attached hydrogens (tertiary/aromatic N) is 3. The van der Waals surface area contributed by atoms with Crippen molar-refractivity contribution in [2.45, 2.75) is 20.3 Å². The third-order valence-corrected chi connectivity index (χ3v) is 2.82.